The van der Waals surface area contributed by atoms with E-state index in [9.17, 15) is 0 Å². The Morgan fingerprint density at radius 1 is 1.28 bits per heavy atom. The van der Waals surface area contributed by atoms with Crippen LogP contribution in [0, 0.1) is 0 Å². The Morgan fingerprint density at radius 3 is 2.96 bits per heavy atom. The van der Waals surface area contributed by atoms with Gasteiger partial charge in [0, 0.05) is 38.6 Å². The van der Waals surface area contributed by atoms with Gasteiger partial charge in [0.05, 0.1) is 37.5 Å². The Morgan fingerprint density at radius 2 is 2.20 bits per heavy atom. The summed E-state index contributed by atoms with van der Waals surface area (Å²) in [5, 5.41) is 5.25. The van der Waals surface area contributed by atoms with Gasteiger partial charge < -0.3 is 14.4 Å². The maximum atomic E-state index is 5.76. The molecule has 0 radical (unpaired) electrons. The number of hydrogen-bond acceptors (Lipinski definition) is 7. The predicted molar refractivity (Wildman–Crippen MR) is 93.4 cm³/mol. The molecule has 0 N–H and O–H groups in total. The van der Waals surface area contributed by atoms with Crippen molar-refractivity contribution >= 4 is 16.9 Å². The highest BCUT2D eigenvalue weighted by Gasteiger charge is 2.21. The van der Waals surface area contributed by atoms with E-state index in [1.807, 2.05) is 26.2 Å². The number of fused-ring (bicyclic) bond motifs is 1. The normalized spacial score (nSPS) is 17.8. The molecule has 0 bridgehead atoms. The third-order valence-electron chi connectivity index (χ3n) is 4.22. The Hall–Kier alpha value is -2.58. The summed E-state index contributed by atoms with van der Waals surface area (Å²) in [5.74, 6) is 1.46. The summed E-state index contributed by atoms with van der Waals surface area (Å²) >= 11 is 0. The lowest BCUT2D eigenvalue weighted by Crippen LogP contribution is -2.38. The summed E-state index contributed by atoms with van der Waals surface area (Å²) in [6.45, 7) is 2.58. The van der Waals surface area contributed by atoms with E-state index in [0.717, 1.165) is 22.4 Å². The molecule has 3 aromatic heterocycles. The van der Waals surface area contributed by atoms with E-state index in [1.54, 1.807) is 23.3 Å². The lowest BCUT2D eigenvalue weighted by molar-refractivity contribution is -0.0837. The van der Waals surface area contributed by atoms with Gasteiger partial charge in [-0.3, -0.25) is 9.67 Å². The summed E-state index contributed by atoms with van der Waals surface area (Å²) in [7, 11) is 3.88. The standard InChI is InChI=1S/C17H20N6O2/c1-22(10-13-11-24-6-7-25-13)16-14-9-19-23(2)17(14)21-15(20-16)12-4-3-5-18-8-12/h3-5,8-9,13H,6-7,10-11H2,1-2H3/t13-/m1/s1. The van der Waals surface area contributed by atoms with Crippen molar-refractivity contribution < 1.29 is 9.47 Å². The lowest BCUT2D eigenvalue weighted by Gasteiger charge is -2.28. The first-order valence-corrected chi connectivity index (χ1v) is 8.23. The minimum Gasteiger partial charge on any atom is -0.376 e. The number of anilines is 1. The maximum absolute atomic E-state index is 5.76. The highest BCUT2D eigenvalue weighted by molar-refractivity contribution is 5.88. The molecule has 0 aliphatic carbocycles. The number of aryl methyl sites for hydroxylation is 1. The monoisotopic (exact) mass is 340 g/mol. The highest BCUT2D eigenvalue weighted by Crippen LogP contribution is 2.26. The molecule has 1 saturated heterocycles. The van der Waals surface area contributed by atoms with Crippen LogP contribution in [0.15, 0.2) is 30.7 Å². The second-order valence-electron chi connectivity index (χ2n) is 6.07. The third-order valence-corrected chi connectivity index (χ3v) is 4.22. The third kappa shape index (κ3) is 3.18. The molecule has 4 rings (SSSR count). The van der Waals surface area contributed by atoms with Crippen molar-refractivity contribution in [1.29, 1.82) is 0 Å². The van der Waals surface area contributed by atoms with Crippen LogP contribution in [-0.4, -0.2) is 64.2 Å². The van der Waals surface area contributed by atoms with Gasteiger partial charge in [-0.1, -0.05) is 0 Å². The minimum absolute atomic E-state index is 0.0299. The van der Waals surface area contributed by atoms with Crippen molar-refractivity contribution in [2.75, 3.05) is 38.3 Å². The summed E-state index contributed by atoms with van der Waals surface area (Å²) in [6, 6.07) is 3.83. The van der Waals surface area contributed by atoms with E-state index in [2.05, 4.69) is 20.0 Å². The van der Waals surface area contributed by atoms with Gasteiger partial charge in [-0.05, 0) is 12.1 Å². The number of hydrogen-bond donors (Lipinski definition) is 0. The minimum atomic E-state index is 0.0299. The first-order valence-electron chi connectivity index (χ1n) is 8.23. The maximum Gasteiger partial charge on any atom is 0.165 e. The summed E-state index contributed by atoms with van der Waals surface area (Å²) in [6.07, 6.45) is 5.33. The van der Waals surface area contributed by atoms with Crippen LogP contribution in [0.4, 0.5) is 5.82 Å². The van der Waals surface area contributed by atoms with E-state index < -0.39 is 0 Å². The van der Waals surface area contributed by atoms with Crippen molar-refractivity contribution in [2.24, 2.45) is 7.05 Å². The fourth-order valence-corrected chi connectivity index (χ4v) is 2.96. The molecule has 130 valence electrons. The molecule has 1 fully saturated rings. The Kier molecular flexibility index (Phi) is 4.29. The molecule has 0 amide bonds. The number of likely N-dealkylation sites (N-methyl/N-ethyl adjacent to an activating group) is 1. The first kappa shape index (κ1) is 15.9. The van der Waals surface area contributed by atoms with Gasteiger partial charge in [-0.15, -0.1) is 0 Å². The Bertz CT molecular complexity index is 860. The first-order chi connectivity index (χ1) is 12.2. The molecule has 3 aromatic rings. The van der Waals surface area contributed by atoms with Crippen molar-refractivity contribution in [3.05, 3.63) is 30.7 Å². The zero-order valence-electron chi connectivity index (χ0n) is 14.3. The molecule has 1 aliphatic heterocycles. The second kappa shape index (κ2) is 6.73. The van der Waals surface area contributed by atoms with Gasteiger partial charge in [0.15, 0.2) is 11.5 Å². The summed E-state index contributed by atoms with van der Waals surface area (Å²) in [5.41, 5.74) is 1.66. The molecule has 0 unspecified atom stereocenters. The zero-order valence-corrected chi connectivity index (χ0v) is 14.3. The van der Waals surface area contributed by atoms with Gasteiger partial charge in [-0.2, -0.15) is 5.10 Å². The van der Waals surface area contributed by atoms with Crippen LogP contribution in [0.25, 0.3) is 22.4 Å². The van der Waals surface area contributed by atoms with Gasteiger partial charge in [-0.25, -0.2) is 9.97 Å². The van der Waals surface area contributed by atoms with Crippen molar-refractivity contribution in [3.8, 4) is 11.4 Å². The molecule has 1 aliphatic rings. The lowest BCUT2D eigenvalue weighted by atomic mass is 10.2. The van der Waals surface area contributed by atoms with Crippen LogP contribution < -0.4 is 4.90 Å². The second-order valence-corrected chi connectivity index (χ2v) is 6.07. The molecule has 8 nitrogen and oxygen atoms in total. The predicted octanol–water partition coefficient (Wildman–Crippen LogP) is 1.28. The molecule has 0 spiro atoms. The average Bonchev–Trinajstić information content (AvgIpc) is 3.03. The fourth-order valence-electron chi connectivity index (χ4n) is 2.96. The van der Waals surface area contributed by atoms with E-state index >= 15 is 0 Å². The van der Waals surface area contributed by atoms with Crippen molar-refractivity contribution in [1.82, 2.24) is 24.7 Å². The van der Waals surface area contributed by atoms with Crippen LogP contribution in [0.2, 0.25) is 0 Å². The molecule has 25 heavy (non-hydrogen) atoms. The molecule has 1 atom stereocenters. The number of rotatable bonds is 4. The van der Waals surface area contributed by atoms with Gasteiger partial charge >= 0.3 is 0 Å². The highest BCUT2D eigenvalue weighted by atomic mass is 16.6. The molecule has 0 saturated carbocycles. The van der Waals surface area contributed by atoms with E-state index in [1.165, 1.54) is 0 Å². The van der Waals surface area contributed by atoms with E-state index in [-0.39, 0.29) is 6.10 Å². The largest absolute Gasteiger partial charge is 0.376 e. The average molecular weight is 340 g/mol. The molecule has 4 heterocycles. The van der Waals surface area contributed by atoms with Crippen LogP contribution in [-0.2, 0) is 16.5 Å². The molecular formula is C17H20N6O2. The van der Waals surface area contributed by atoms with Crippen molar-refractivity contribution in [3.63, 3.8) is 0 Å². The number of nitrogens with zero attached hydrogens (tertiary/aromatic N) is 6. The van der Waals surface area contributed by atoms with Crippen LogP contribution in [0.1, 0.15) is 0 Å². The quantitative estimate of drug-likeness (QED) is 0.708. The van der Waals surface area contributed by atoms with Crippen LogP contribution in [0.3, 0.4) is 0 Å². The van der Waals surface area contributed by atoms with Gasteiger partial charge in [0.1, 0.15) is 5.82 Å². The van der Waals surface area contributed by atoms with Gasteiger partial charge in [0.25, 0.3) is 0 Å². The number of pyridine rings is 1. The Labute approximate surface area is 145 Å². The van der Waals surface area contributed by atoms with Crippen molar-refractivity contribution in [2.45, 2.75) is 6.10 Å². The summed E-state index contributed by atoms with van der Waals surface area (Å²) in [4.78, 5) is 15.7. The zero-order chi connectivity index (χ0) is 17.2. The topological polar surface area (TPSA) is 78.2 Å². The van der Waals surface area contributed by atoms with Gasteiger partial charge in [0.2, 0.25) is 0 Å². The van der Waals surface area contributed by atoms with E-state index in [0.29, 0.717) is 32.2 Å². The molecule has 8 heteroatoms. The number of aromatic nitrogens is 5. The van der Waals surface area contributed by atoms with Crippen LogP contribution in [0.5, 0.6) is 0 Å². The molecule has 0 aromatic carbocycles. The fraction of sp³-hybridized carbons (Fsp3) is 0.412. The van der Waals surface area contributed by atoms with Crippen LogP contribution >= 0.6 is 0 Å². The SMILES string of the molecule is CN(C[C@@H]1COCCO1)c1nc(-c2cccnc2)nc2c1cnn2C. The number of ether oxygens (including phenoxy) is 2. The summed E-state index contributed by atoms with van der Waals surface area (Å²) < 4.78 is 13.0. The molecular weight excluding hydrogens is 320 g/mol. The smallest absolute Gasteiger partial charge is 0.165 e. The van der Waals surface area contributed by atoms with E-state index in [4.69, 9.17) is 14.5 Å². The Balaban J connectivity index is 1.73.